The third-order valence-corrected chi connectivity index (χ3v) is 6.71. The first-order valence-corrected chi connectivity index (χ1v) is 11.0. The van der Waals surface area contributed by atoms with Gasteiger partial charge in [0.15, 0.2) is 17.0 Å². The van der Waals surface area contributed by atoms with Crippen LogP contribution in [0.15, 0.2) is 25.2 Å². The Balaban J connectivity index is 1.49. The molecule has 10 nitrogen and oxygen atoms in total. The molecule has 5 rings (SSSR count). The van der Waals surface area contributed by atoms with Crippen molar-refractivity contribution in [2.75, 3.05) is 36.4 Å². The summed E-state index contributed by atoms with van der Waals surface area (Å²) in [5, 5.41) is 7.76. The second-order valence-corrected chi connectivity index (χ2v) is 9.05. The molecule has 10 heteroatoms. The van der Waals surface area contributed by atoms with Crippen LogP contribution in [0.25, 0.3) is 11.2 Å². The maximum atomic E-state index is 12.0. The SMILES string of the molecule is C=CC(=O)N1CC2CN(c3nc(Nc4cnn(C)c4C)c4ncn(C(C)C)c4n3)CC2C1. The minimum Gasteiger partial charge on any atom is -0.340 e. The van der Waals surface area contributed by atoms with E-state index in [-0.39, 0.29) is 11.9 Å². The summed E-state index contributed by atoms with van der Waals surface area (Å²) >= 11 is 0. The van der Waals surface area contributed by atoms with Gasteiger partial charge in [0.05, 0.1) is 23.9 Å². The molecule has 1 amide bonds. The maximum Gasteiger partial charge on any atom is 0.245 e. The number of hydrogen-bond donors (Lipinski definition) is 1. The molecule has 0 aliphatic carbocycles. The number of anilines is 3. The molecule has 2 aliphatic heterocycles. The number of aromatic nitrogens is 6. The summed E-state index contributed by atoms with van der Waals surface area (Å²) in [6.45, 7) is 13.1. The van der Waals surface area contributed by atoms with Crippen molar-refractivity contribution in [3.63, 3.8) is 0 Å². The van der Waals surface area contributed by atoms with Crippen molar-refractivity contribution < 1.29 is 4.79 Å². The Morgan fingerprint density at radius 2 is 1.94 bits per heavy atom. The first kappa shape index (κ1) is 20.5. The lowest BCUT2D eigenvalue weighted by Gasteiger charge is -2.22. The molecule has 0 saturated carbocycles. The molecule has 32 heavy (non-hydrogen) atoms. The van der Waals surface area contributed by atoms with E-state index in [1.165, 1.54) is 6.08 Å². The first-order chi connectivity index (χ1) is 15.4. The van der Waals surface area contributed by atoms with Gasteiger partial charge < -0.3 is 19.7 Å². The fourth-order valence-electron chi connectivity index (χ4n) is 4.73. The molecule has 2 unspecified atom stereocenters. The lowest BCUT2D eigenvalue weighted by molar-refractivity contribution is -0.125. The van der Waals surface area contributed by atoms with Gasteiger partial charge in [0.1, 0.15) is 0 Å². The van der Waals surface area contributed by atoms with Gasteiger partial charge in [0.25, 0.3) is 0 Å². The van der Waals surface area contributed by atoms with Crippen LogP contribution < -0.4 is 10.2 Å². The zero-order chi connectivity index (χ0) is 22.6. The van der Waals surface area contributed by atoms with E-state index in [9.17, 15) is 4.79 Å². The Morgan fingerprint density at radius 3 is 2.53 bits per heavy atom. The second-order valence-electron chi connectivity index (χ2n) is 9.05. The van der Waals surface area contributed by atoms with Crippen LogP contribution in [0.5, 0.6) is 0 Å². The molecule has 5 heterocycles. The highest BCUT2D eigenvalue weighted by atomic mass is 16.2. The van der Waals surface area contributed by atoms with E-state index in [1.807, 2.05) is 29.9 Å². The number of amides is 1. The second kappa shape index (κ2) is 7.61. The smallest absolute Gasteiger partial charge is 0.245 e. The molecule has 168 valence electrons. The maximum absolute atomic E-state index is 12.0. The van der Waals surface area contributed by atoms with E-state index >= 15 is 0 Å². The number of fused-ring (bicyclic) bond motifs is 2. The van der Waals surface area contributed by atoms with E-state index in [2.05, 4.69) is 45.3 Å². The molecular formula is C22H29N9O. The highest BCUT2D eigenvalue weighted by molar-refractivity contribution is 5.88. The fourth-order valence-corrected chi connectivity index (χ4v) is 4.73. The molecule has 1 N–H and O–H groups in total. The highest BCUT2D eigenvalue weighted by Crippen LogP contribution is 2.35. The summed E-state index contributed by atoms with van der Waals surface area (Å²) in [4.78, 5) is 30.6. The summed E-state index contributed by atoms with van der Waals surface area (Å²) < 4.78 is 3.90. The van der Waals surface area contributed by atoms with Crippen molar-refractivity contribution in [3.8, 4) is 0 Å². The predicted molar refractivity (Wildman–Crippen MR) is 123 cm³/mol. The Kier molecular flexibility index (Phi) is 4.87. The molecule has 2 aliphatic rings. The third kappa shape index (κ3) is 3.30. The van der Waals surface area contributed by atoms with Crippen molar-refractivity contribution in [2.24, 2.45) is 18.9 Å². The number of imidazole rings is 1. The largest absolute Gasteiger partial charge is 0.340 e. The summed E-state index contributed by atoms with van der Waals surface area (Å²) in [5.74, 6) is 2.24. The van der Waals surface area contributed by atoms with Crippen molar-refractivity contribution in [2.45, 2.75) is 26.8 Å². The predicted octanol–water partition coefficient (Wildman–Crippen LogP) is 2.27. The molecule has 3 aromatic rings. The van der Waals surface area contributed by atoms with Crippen LogP contribution in [-0.2, 0) is 11.8 Å². The number of likely N-dealkylation sites (tertiary alicyclic amines) is 1. The molecule has 3 aromatic heterocycles. The van der Waals surface area contributed by atoms with Crippen LogP contribution >= 0.6 is 0 Å². The van der Waals surface area contributed by atoms with Gasteiger partial charge in [-0.3, -0.25) is 9.48 Å². The van der Waals surface area contributed by atoms with Crippen molar-refractivity contribution in [3.05, 3.63) is 30.9 Å². The number of nitrogens with one attached hydrogen (secondary N) is 1. The lowest BCUT2D eigenvalue weighted by Crippen LogP contribution is -2.32. The number of carbonyl (C=O) groups excluding carboxylic acids is 1. The highest BCUT2D eigenvalue weighted by Gasteiger charge is 2.42. The monoisotopic (exact) mass is 435 g/mol. The van der Waals surface area contributed by atoms with Crippen LogP contribution in [0.4, 0.5) is 17.5 Å². The fraction of sp³-hybridized carbons (Fsp3) is 0.500. The normalized spacial score (nSPS) is 20.4. The standard InChI is InChI=1S/C22H29N9O/c1-6-18(32)29-8-15-10-30(11-16(15)9-29)22-26-20(25-17-7-24-28(5)14(17)4)19-21(27-22)31(12-23-19)13(2)3/h6-7,12-13,15-16H,1,8-11H2,2-5H3,(H,25,26,27). The third-order valence-electron chi connectivity index (χ3n) is 6.71. The quantitative estimate of drug-likeness (QED) is 0.614. The molecule has 0 bridgehead atoms. The summed E-state index contributed by atoms with van der Waals surface area (Å²) in [7, 11) is 1.92. The summed E-state index contributed by atoms with van der Waals surface area (Å²) in [5.41, 5.74) is 3.47. The van der Waals surface area contributed by atoms with E-state index < -0.39 is 0 Å². The first-order valence-electron chi connectivity index (χ1n) is 11.0. The summed E-state index contributed by atoms with van der Waals surface area (Å²) in [6, 6.07) is 0.229. The van der Waals surface area contributed by atoms with Crippen LogP contribution in [0, 0.1) is 18.8 Å². The van der Waals surface area contributed by atoms with Gasteiger partial charge in [0, 0.05) is 51.1 Å². The van der Waals surface area contributed by atoms with E-state index in [1.54, 1.807) is 6.20 Å². The minimum atomic E-state index is 0.0165. The van der Waals surface area contributed by atoms with Gasteiger partial charge in [-0.25, -0.2) is 4.98 Å². The number of rotatable bonds is 5. The zero-order valence-electron chi connectivity index (χ0n) is 19.0. The number of aryl methyl sites for hydroxylation is 1. The minimum absolute atomic E-state index is 0.0165. The van der Waals surface area contributed by atoms with Gasteiger partial charge >= 0.3 is 0 Å². The van der Waals surface area contributed by atoms with Gasteiger partial charge in [0.2, 0.25) is 11.9 Å². The van der Waals surface area contributed by atoms with E-state index in [4.69, 9.17) is 9.97 Å². The van der Waals surface area contributed by atoms with Crippen molar-refractivity contribution in [1.29, 1.82) is 0 Å². The van der Waals surface area contributed by atoms with Gasteiger partial charge in [-0.05, 0) is 26.8 Å². The number of nitrogens with zero attached hydrogens (tertiary/aromatic N) is 8. The van der Waals surface area contributed by atoms with Crippen LogP contribution in [0.2, 0.25) is 0 Å². The van der Waals surface area contributed by atoms with Crippen molar-refractivity contribution in [1.82, 2.24) is 34.2 Å². The van der Waals surface area contributed by atoms with Crippen LogP contribution in [0.3, 0.4) is 0 Å². The van der Waals surface area contributed by atoms with Crippen LogP contribution in [0.1, 0.15) is 25.6 Å². The van der Waals surface area contributed by atoms with Crippen molar-refractivity contribution >= 4 is 34.5 Å². The molecule has 2 fully saturated rings. The van der Waals surface area contributed by atoms with Gasteiger partial charge in [-0.15, -0.1) is 0 Å². The number of hydrogen-bond acceptors (Lipinski definition) is 7. The molecule has 2 saturated heterocycles. The number of carbonyl (C=O) groups is 1. The summed E-state index contributed by atoms with van der Waals surface area (Å²) in [6.07, 6.45) is 5.03. The Hall–Kier alpha value is -3.43. The molecule has 2 atom stereocenters. The van der Waals surface area contributed by atoms with E-state index in [0.717, 1.165) is 48.7 Å². The molecule has 0 spiro atoms. The Bertz CT molecular complexity index is 1180. The molecule has 0 radical (unpaired) electrons. The van der Waals surface area contributed by atoms with E-state index in [0.29, 0.717) is 23.6 Å². The topological polar surface area (TPSA) is 97.0 Å². The molecule has 0 aromatic carbocycles. The van der Waals surface area contributed by atoms with Gasteiger partial charge in [-0.2, -0.15) is 15.1 Å². The lowest BCUT2D eigenvalue weighted by atomic mass is 10.0. The Labute approximate surface area is 186 Å². The van der Waals surface area contributed by atoms with Crippen LogP contribution in [-0.4, -0.2) is 66.3 Å². The molecular weight excluding hydrogens is 406 g/mol. The van der Waals surface area contributed by atoms with Gasteiger partial charge in [-0.1, -0.05) is 6.58 Å². The zero-order valence-corrected chi connectivity index (χ0v) is 19.0. The Morgan fingerprint density at radius 1 is 1.22 bits per heavy atom. The average molecular weight is 436 g/mol. The average Bonchev–Trinajstić information content (AvgIpc) is 3.52.